The molecule has 2 amide bonds. The maximum absolute atomic E-state index is 12.4. The van der Waals surface area contributed by atoms with Crippen molar-refractivity contribution in [2.24, 2.45) is 0 Å². The molecule has 1 aromatic carbocycles. The van der Waals surface area contributed by atoms with Gasteiger partial charge in [-0.25, -0.2) is 4.79 Å². The van der Waals surface area contributed by atoms with E-state index in [1.165, 1.54) is 5.69 Å². The predicted molar refractivity (Wildman–Crippen MR) is 89.7 cm³/mol. The molecular weight excluding hydrogens is 298 g/mol. The van der Waals surface area contributed by atoms with Crippen LogP contribution in [0.3, 0.4) is 0 Å². The summed E-state index contributed by atoms with van der Waals surface area (Å²) in [6, 6.07) is 10.4. The van der Waals surface area contributed by atoms with Crippen molar-refractivity contribution < 1.29 is 9.00 Å². The lowest BCUT2D eigenvalue weighted by Gasteiger charge is -2.24. The Bertz CT molecular complexity index is 537. The molecule has 22 heavy (non-hydrogen) atoms. The number of nitrogens with one attached hydrogen (secondary N) is 1. The molecule has 5 nitrogen and oxygen atoms in total. The first-order chi connectivity index (χ1) is 10.7. The molecule has 1 N–H and O–H groups in total. The summed E-state index contributed by atoms with van der Waals surface area (Å²) >= 11 is 0. The molecule has 0 radical (unpaired) electrons. The highest BCUT2D eigenvalue weighted by Crippen LogP contribution is 2.16. The smallest absolute Gasteiger partial charge is 0.317 e. The normalized spacial score (nSPS) is 25.8. The number of hydrogen-bond donors (Lipinski definition) is 1. The SMILES string of the molecule is O=C(N[C@@H]1CC[S@](=O)C1)N1CCCN(c2ccccc2)CC1. The fourth-order valence-electron chi connectivity index (χ4n) is 3.06. The van der Waals surface area contributed by atoms with Crippen LogP contribution in [0.1, 0.15) is 12.8 Å². The number of rotatable bonds is 2. The maximum Gasteiger partial charge on any atom is 0.317 e. The van der Waals surface area contributed by atoms with Crippen molar-refractivity contribution in [3.05, 3.63) is 30.3 Å². The van der Waals surface area contributed by atoms with Crippen LogP contribution in [-0.2, 0) is 10.8 Å². The number of carbonyl (C=O) groups excluding carboxylic acids is 1. The Kier molecular flexibility index (Phi) is 4.97. The van der Waals surface area contributed by atoms with Gasteiger partial charge in [0.25, 0.3) is 0 Å². The molecule has 2 fully saturated rings. The Morgan fingerprint density at radius 2 is 1.95 bits per heavy atom. The van der Waals surface area contributed by atoms with Gasteiger partial charge in [0.15, 0.2) is 0 Å². The van der Waals surface area contributed by atoms with Crippen LogP contribution >= 0.6 is 0 Å². The fraction of sp³-hybridized carbons (Fsp3) is 0.562. The van der Waals surface area contributed by atoms with Gasteiger partial charge in [0.2, 0.25) is 0 Å². The van der Waals surface area contributed by atoms with Gasteiger partial charge in [0.1, 0.15) is 0 Å². The lowest BCUT2D eigenvalue weighted by molar-refractivity contribution is 0.198. The van der Waals surface area contributed by atoms with Crippen molar-refractivity contribution in [3.63, 3.8) is 0 Å². The molecular formula is C16H23N3O2S. The van der Waals surface area contributed by atoms with E-state index in [2.05, 4.69) is 22.3 Å². The number of hydrogen-bond acceptors (Lipinski definition) is 3. The average Bonchev–Trinajstić information content (AvgIpc) is 2.80. The monoisotopic (exact) mass is 321 g/mol. The number of para-hydroxylation sites is 1. The molecule has 0 saturated carbocycles. The molecule has 0 aliphatic carbocycles. The Morgan fingerprint density at radius 1 is 1.14 bits per heavy atom. The summed E-state index contributed by atoms with van der Waals surface area (Å²) < 4.78 is 11.4. The Hall–Kier alpha value is -1.56. The fourth-order valence-corrected chi connectivity index (χ4v) is 4.47. The van der Waals surface area contributed by atoms with E-state index in [0.717, 1.165) is 39.0 Å². The second-order valence-electron chi connectivity index (χ2n) is 5.91. The molecule has 120 valence electrons. The van der Waals surface area contributed by atoms with Crippen LogP contribution in [0.4, 0.5) is 10.5 Å². The van der Waals surface area contributed by atoms with E-state index in [1.807, 2.05) is 23.1 Å². The minimum absolute atomic E-state index is 0.00110. The largest absolute Gasteiger partial charge is 0.370 e. The Morgan fingerprint density at radius 3 is 2.68 bits per heavy atom. The molecule has 1 aromatic rings. The van der Waals surface area contributed by atoms with Gasteiger partial charge in [-0.15, -0.1) is 0 Å². The summed E-state index contributed by atoms with van der Waals surface area (Å²) in [5, 5.41) is 3.04. The molecule has 2 saturated heterocycles. The van der Waals surface area contributed by atoms with Crippen molar-refractivity contribution in [1.29, 1.82) is 0 Å². The number of benzene rings is 1. The van der Waals surface area contributed by atoms with Crippen LogP contribution in [0, 0.1) is 0 Å². The molecule has 2 atom stereocenters. The lowest BCUT2D eigenvalue weighted by Crippen LogP contribution is -2.46. The number of anilines is 1. The van der Waals surface area contributed by atoms with Crippen molar-refractivity contribution in [1.82, 2.24) is 10.2 Å². The molecule has 2 aliphatic heterocycles. The van der Waals surface area contributed by atoms with Crippen LogP contribution in [0.2, 0.25) is 0 Å². The summed E-state index contributed by atoms with van der Waals surface area (Å²) in [4.78, 5) is 16.6. The zero-order valence-corrected chi connectivity index (χ0v) is 13.6. The zero-order valence-electron chi connectivity index (χ0n) is 12.7. The van der Waals surface area contributed by atoms with Crippen molar-refractivity contribution >= 4 is 22.5 Å². The van der Waals surface area contributed by atoms with Crippen LogP contribution in [0.25, 0.3) is 0 Å². The van der Waals surface area contributed by atoms with Crippen molar-refractivity contribution in [2.45, 2.75) is 18.9 Å². The summed E-state index contributed by atoms with van der Waals surface area (Å²) in [6.45, 7) is 3.34. The summed E-state index contributed by atoms with van der Waals surface area (Å²) in [5.41, 5.74) is 1.22. The average molecular weight is 321 g/mol. The molecule has 6 heteroatoms. The zero-order chi connectivity index (χ0) is 15.4. The van der Waals surface area contributed by atoms with Gasteiger partial charge in [-0.2, -0.15) is 0 Å². The second kappa shape index (κ2) is 7.13. The molecule has 2 heterocycles. The second-order valence-corrected chi connectivity index (χ2v) is 7.53. The van der Waals surface area contributed by atoms with E-state index in [4.69, 9.17) is 0 Å². The minimum Gasteiger partial charge on any atom is -0.370 e. The summed E-state index contributed by atoms with van der Waals surface area (Å²) in [7, 11) is -0.750. The van der Waals surface area contributed by atoms with E-state index >= 15 is 0 Å². The van der Waals surface area contributed by atoms with Gasteiger partial charge >= 0.3 is 6.03 Å². The number of urea groups is 1. The molecule has 0 bridgehead atoms. The maximum atomic E-state index is 12.4. The highest BCUT2D eigenvalue weighted by molar-refractivity contribution is 7.85. The van der Waals surface area contributed by atoms with Crippen LogP contribution in [0.15, 0.2) is 30.3 Å². The van der Waals surface area contributed by atoms with E-state index in [-0.39, 0.29) is 12.1 Å². The van der Waals surface area contributed by atoms with E-state index in [1.54, 1.807) is 0 Å². The van der Waals surface area contributed by atoms with Gasteiger partial charge in [-0.3, -0.25) is 4.21 Å². The summed E-state index contributed by atoms with van der Waals surface area (Å²) in [5.74, 6) is 1.32. The quantitative estimate of drug-likeness (QED) is 0.896. The predicted octanol–water partition coefficient (Wildman–Crippen LogP) is 1.43. The van der Waals surface area contributed by atoms with Gasteiger partial charge in [-0.1, -0.05) is 18.2 Å². The third kappa shape index (κ3) is 3.80. The first-order valence-electron chi connectivity index (χ1n) is 7.93. The first-order valence-corrected chi connectivity index (χ1v) is 9.41. The van der Waals surface area contributed by atoms with Crippen LogP contribution in [0.5, 0.6) is 0 Å². The molecule has 0 unspecified atom stereocenters. The van der Waals surface area contributed by atoms with Crippen LogP contribution in [-0.4, -0.2) is 58.9 Å². The third-order valence-corrected chi connectivity index (χ3v) is 5.78. The van der Waals surface area contributed by atoms with Gasteiger partial charge < -0.3 is 15.1 Å². The molecule has 3 rings (SSSR count). The lowest BCUT2D eigenvalue weighted by atomic mass is 10.3. The standard InChI is InChI=1S/C16H23N3O2S/c20-16(17-14-7-12-22(21)13-14)19-9-4-8-18(10-11-19)15-5-2-1-3-6-15/h1-3,5-6,14H,4,7-13H2,(H,17,20)/t14-,22+/m1/s1. The molecule has 2 aliphatic rings. The first kappa shape index (κ1) is 15.3. The van der Waals surface area contributed by atoms with Crippen molar-refractivity contribution in [3.8, 4) is 0 Å². The van der Waals surface area contributed by atoms with Crippen molar-refractivity contribution in [2.75, 3.05) is 42.6 Å². The third-order valence-electron chi connectivity index (χ3n) is 4.31. The molecule has 0 aromatic heterocycles. The topological polar surface area (TPSA) is 52.7 Å². The number of nitrogens with zero attached hydrogens (tertiary/aromatic N) is 2. The molecule has 0 spiro atoms. The Labute approximate surface area is 134 Å². The Balaban J connectivity index is 1.53. The highest BCUT2D eigenvalue weighted by atomic mass is 32.2. The summed E-state index contributed by atoms with van der Waals surface area (Å²) in [6.07, 6.45) is 1.81. The van der Waals surface area contributed by atoms with Gasteiger partial charge in [-0.05, 0) is 25.0 Å². The van der Waals surface area contributed by atoms with E-state index in [0.29, 0.717) is 11.5 Å². The van der Waals surface area contributed by atoms with E-state index < -0.39 is 10.8 Å². The van der Waals surface area contributed by atoms with Gasteiger partial charge in [0, 0.05) is 60.2 Å². The van der Waals surface area contributed by atoms with Crippen LogP contribution < -0.4 is 10.2 Å². The van der Waals surface area contributed by atoms with Gasteiger partial charge in [0.05, 0.1) is 0 Å². The minimum atomic E-state index is -0.750. The highest BCUT2D eigenvalue weighted by Gasteiger charge is 2.25. The van der Waals surface area contributed by atoms with E-state index in [9.17, 15) is 9.00 Å². The number of carbonyl (C=O) groups is 1. The number of amides is 2.